The van der Waals surface area contributed by atoms with Gasteiger partial charge in [-0.1, -0.05) is 15.9 Å². The summed E-state index contributed by atoms with van der Waals surface area (Å²) in [5.41, 5.74) is 6.98. The summed E-state index contributed by atoms with van der Waals surface area (Å²) in [7, 11) is 5.78. The number of hydrogen-bond donors (Lipinski definition) is 2. The molecule has 0 aliphatic heterocycles. The molecule has 0 amide bonds. The molecule has 1 rings (SSSR count). The van der Waals surface area contributed by atoms with Crippen LogP contribution >= 0.6 is 15.9 Å². The van der Waals surface area contributed by atoms with Crippen LogP contribution < -0.4 is 15.8 Å². The Bertz CT molecular complexity index is 371. The van der Waals surface area contributed by atoms with Crippen LogP contribution in [0.3, 0.4) is 0 Å². The Morgan fingerprint density at radius 1 is 1.44 bits per heavy atom. The first-order valence-corrected chi connectivity index (χ1v) is 6.79. The third-order valence-corrected chi connectivity index (χ3v) is 3.49. The standard InChI is InChI=1S/C13H22BrN3O/c1-17(2)7-6-16-13(9-15)11-8-10(18-3)4-5-12(11)14/h4-5,8,13,16H,6-7,9,15H2,1-3H3. The van der Waals surface area contributed by atoms with E-state index in [9.17, 15) is 0 Å². The van der Waals surface area contributed by atoms with Crippen molar-refractivity contribution in [1.82, 2.24) is 10.2 Å². The van der Waals surface area contributed by atoms with Crippen LogP contribution in [0, 0.1) is 0 Å². The average molecular weight is 316 g/mol. The Morgan fingerprint density at radius 3 is 2.72 bits per heavy atom. The number of methoxy groups -OCH3 is 1. The van der Waals surface area contributed by atoms with E-state index >= 15 is 0 Å². The highest BCUT2D eigenvalue weighted by molar-refractivity contribution is 9.10. The quantitative estimate of drug-likeness (QED) is 0.802. The molecule has 0 aromatic heterocycles. The minimum Gasteiger partial charge on any atom is -0.497 e. The Kier molecular flexibility index (Phi) is 6.63. The van der Waals surface area contributed by atoms with Crippen molar-refractivity contribution in [2.45, 2.75) is 6.04 Å². The number of ether oxygens (including phenoxy) is 1. The van der Waals surface area contributed by atoms with E-state index < -0.39 is 0 Å². The molecule has 0 aliphatic rings. The fraction of sp³-hybridized carbons (Fsp3) is 0.538. The van der Waals surface area contributed by atoms with Crippen LogP contribution in [0.1, 0.15) is 11.6 Å². The minimum atomic E-state index is 0.134. The molecule has 4 nitrogen and oxygen atoms in total. The summed E-state index contributed by atoms with van der Waals surface area (Å²) < 4.78 is 6.30. The lowest BCUT2D eigenvalue weighted by atomic mass is 10.1. The van der Waals surface area contributed by atoms with Crippen LogP contribution in [0.25, 0.3) is 0 Å². The fourth-order valence-electron chi connectivity index (χ4n) is 1.70. The lowest BCUT2D eigenvalue weighted by Gasteiger charge is -2.20. The van der Waals surface area contributed by atoms with Gasteiger partial charge in [0.1, 0.15) is 5.75 Å². The van der Waals surface area contributed by atoms with Gasteiger partial charge in [0.25, 0.3) is 0 Å². The maximum atomic E-state index is 5.84. The molecule has 0 saturated heterocycles. The second kappa shape index (κ2) is 7.74. The van der Waals surface area contributed by atoms with Gasteiger partial charge in [0, 0.05) is 30.1 Å². The second-order valence-corrected chi connectivity index (χ2v) is 5.29. The van der Waals surface area contributed by atoms with E-state index in [1.807, 2.05) is 18.2 Å². The first kappa shape index (κ1) is 15.4. The molecule has 5 heteroatoms. The number of nitrogens with two attached hydrogens (primary N) is 1. The number of halogens is 1. The third-order valence-electron chi connectivity index (χ3n) is 2.76. The molecule has 0 saturated carbocycles. The van der Waals surface area contributed by atoms with Crippen molar-refractivity contribution in [2.24, 2.45) is 5.73 Å². The van der Waals surface area contributed by atoms with Gasteiger partial charge < -0.3 is 20.7 Å². The molecule has 18 heavy (non-hydrogen) atoms. The van der Waals surface area contributed by atoms with Crippen LogP contribution in [-0.4, -0.2) is 45.7 Å². The molecule has 0 bridgehead atoms. The number of benzene rings is 1. The van der Waals surface area contributed by atoms with Crippen LogP contribution in [0.5, 0.6) is 5.75 Å². The van der Waals surface area contributed by atoms with Gasteiger partial charge in [-0.15, -0.1) is 0 Å². The maximum absolute atomic E-state index is 5.84. The Morgan fingerprint density at radius 2 is 2.17 bits per heavy atom. The van der Waals surface area contributed by atoms with Crippen molar-refractivity contribution >= 4 is 15.9 Å². The van der Waals surface area contributed by atoms with Crippen LogP contribution in [0.15, 0.2) is 22.7 Å². The second-order valence-electron chi connectivity index (χ2n) is 4.43. The van der Waals surface area contributed by atoms with E-state index in [0.717, 1.165) is 28.9 Å². The molecule has 0 fully saturated rings. The summed E-state index contributed by atoms with van der Waals surface area (Å²) in [6.07, 6.45) is 0. The lowest BCUT2D eigenvalue weighted by Crippen LogP contribution is -2.33. The Hall–Kier alpha value is -0.620. The van der Waals surface area contributed by atoms with Gasteiger partial charge in [-0.2, -0.15) is 0 Å². The fourth-order valence-corrected chi connectivity index (χ4v) is 2.22. The largest absolute Gasteiger partial charge is 0.497 e. The van der Waals surface area contributed by atoms with Crippen molar-refractivity contribution in [3.63, 3.8) is 0 Å². The summed E-state index contributed by atoms with van der Waals surface area (Å²) >= 11 is 3.56. The van der Waals surface area contributed by atoms with E-state index in [0.29, 0.717) is 6.54 Å². The van der Waals surface area contributed by atoms with Gasteiger partial charge in [0.15, 0.2) is 0 Å². The zero-order chi connectivity index (χ0) is 13.5. The average Bonchev–Trinajstić information content (AvgIpc) is 2.35. The van der Waals surface area contributed by atoms with Crippen molar-refractivity contribution in [2.75, 3.05) is 40.8 Å². The molecule has 1 atom stereocenters. The molecular formula is C13H22BrN3O. The number of rotatable bonds is 7. The van der Waals surface area contributed by atoms with E-state index in [-0.39, 0.29) is 6.04 Å². The zero-order valence-corrected chi connectivity index (χ0v) is 12.8. The highest BCUT2D eigenvalue weighted by atomic mass is 79.9. The molecule has 102 valence electrons. The summed E-state index contributed by atoms with van der Waals surface area (Å²) in [5.74, 6) is 0.848. The molecule has 1 unspecified atom stereocenters. The molecular weight excluding hydrogens is 294 g/mol. The number of nitrogens with zero attached hydrogens (tertiary/aromatic N) is 1. The van der Waals surface area contributed by atoms with Crippen molar-refractivity contribution < 1.29 is 4.74 Å². The smallest absolute Gasteiger partial charge is 0.119 e. The molecule has 0 heterocycles. The molecule has 3 N–H and O–H groups in total. The van der Waals surface area contributed by atoms with E-state index in [2.05, 4.69) is 40.2 Å². The maximum Gasteiger partial charge on any atom is 0.119 e. The molecule has 1 aromatic rings. The normalized spacial score (nSPS) is 12.8. The first-order chi connectivity index (χ1) is 8.58. The van der Waals surface area contributed by atoms with Gasteiger partial charge >= 0.3 is 0 Å². The Balaban J connectivity index is 2.74. The van der Waals surface area contributed by atoms with Crippen molar-refractivity contribution in [1.29, 1.82) is 0 Å². The van der Waals surface area contributed by atoms with Crippen molar-refractivity contribution in [3.8, 4) is 5.75 Å². The van der Waals surface area contributed by atoms with Crippen LogP contribution in [0.4, 0.5) is 0 Å². The zero-order valence-electron chi connectivity index (χ0n) is 11.2. The van der Waals surface area contributed by atoms with Gasteiger partial charge in [0.05, 0.1) is 7.11 Å². The number of nitrogens with one attached hydrogen (secondary N) is 1. The van der Waals surface area contributed by atoms with Crippen molar-refractivity contribution in [3.05, 3.63) is 28.2 Å². The van der Waals surface area contributed by atoms with E-state index in [4.69, 9.17) is 10.5 Å². The van der Waals surface area contributed by atoms with E-state index in [1.165, 1.54) is 0 Å². The van der Waals surface area contributed by atoms with Gasteiger partial charge in [-0.25, -0.2) is 0 Å². The first-order valence-electron chi connectivity index (χ1n) is 6.00. The molecule has 0 spiro atoms. The summed E-state index contributed by atoms with van der Waals surface area (Å²) in [6, 6.07) is 6.07. The van der Waals surface area contributed by atoms with Gasteiger partial charge in [-0.05, 0) is 37.9 Å². The molecule has 1 aromatic carbocycles. The van der Waals surface area contributed by atoms with Gasteiger partial charge in [-0.3, -0.25) is 0 Å². The monoisotopic (exact) mass is 315 g/mol. The van der Waals surface area contributed by atoms with Crippen LogP contribution in [-0.2, 0) is 0 Å². The topological polar surface area (TPSA) is 50.5 Å². The predicted molar refractivity (Wildman–Crippen MR) is 79.0 cm³/mol. The van der Waals surface area contributed by atoms with Gasteiger partial charge in [0.2, 0.25) is 0 Å². The third kappa shape index (κ3) is 4.57. The highest BCUT2D eigenvalue weighted by Gasteiger charge is 2.13. The molecule has 0 radical (unpaired) electrons. The summed E-state index contributed by atoms with van der Waals surface area (Å²) in [6.45, 7) is 2.44. The number of likely N-dealkylation sites (N-methyl/N-ethyl adjacent to an activating group) is 1. The highest BCUT2D eigenvalue weighted by Crippen LogP contribution is 2.27. The number of hydrogen-bond acceptors (Lipinski definition) is 4. The summed E-state index contributed by atoms with van der Waals surface area (Å²) in [4.78, 5) is 2.14. The summed E-state index contributed by atoms with van der Waals surface area (Å²) in [5, 5.41) is 3.46. The van der Waals surface area contributed by atoms with E-state index in [1.54, 1.807) is 7.11 Å². The molecule has 0 aliphatic carbocycles. The predicted octanol–water partition coefficient (Wildman–Crippen LogP) is 1.61. The lowest BCUT2D eigenvalue weighted by molar-refractivity contribution is 0.384. The Labute approximate surface area is 118 Å². The minimum absolute atomic E-state index is 0.134. The SMILES string of the molecule is COc1ccc(Br)c(C(CN)NCCN(C)C)c1. The van der Waals surface area contributed by atoms with Crippen LogP contribution in [0.2, 0.25) is 0 Å².